The first-order valence-electron chi connectivity index (χ1n) is 16.6. The first kappa shape index (κ1) is 34.1. The molecule has 2 aliphatic heterocycles. The lowest BCUT2D eigenvalue weighted by atomic mass is 9.95. The minimum absolute atomic E-state index is 0.0622. The summed E-state index contributed by atoms with van der Waals surface area (Å²) in [4.78, 5) is 47.7. The number of amides is 3. The number of piperidine rings is 1. The number of halogens is 1. The summed E-state index contributed by atoms with van der Waals surface area (Å²) < 4.78 is 12.9. The van der Waals surface area contributed by atoms with Crippen LogP contribution >= 0.6 is 15.9 Å². The maximum absolute atomic E-state index is 13.9. The van der Waals surface area contributed by atoms with Gasteiger partial charge in [-0.2, -0.15) is 0 Å². The van der Waals surface area contributed by atoms with E-state index in [0.717, 1.165) is 42.4 Å². The molecule has 5 rings (SSSR count). The largest absolute Gasteiger partial charge is 0.478 e. The molecule has 3 aliphatic rings. The molecular weight excluding hydrogens is 648 g/mol. The van der Waals surface area contributed by atoms with Crippen molar-refractivity contribution in [2.75, 3.05) is 44.2 Å². The molecule has 0 unspecified atom stereocenters. The Balaban J connectivity index is 1.19. The van der Waals surface area contributed by atoms with E-state index in [1.54, 1.807) is 23.6 Å². The predicted molar refractivity (Wildman–Crippen MR) is 183 cm³/mol. The van der Waals surface area contributed by atoms with E-state index in [2.05, 4.69) is 50.9 Å². The van der Waals surface area contributed by atoms with Gasteiger partial charge in [0.25, 0.3) is 5.91 Å². The maximum atomic E-state index is 13.9. The zero-order valence-corrected chi connectivity index (χ0v) is 29.8. The van der Waals surface area contributed by atoms with Crippen LogP contribution in [0, 0.1) is 12.8 Å². The van der Waals surface area contributed by atoms with Gasteiger partial charge in [0, 0.05) is 68.1 Å². The summed E-state index contributed by atoms with van der Waals surface area (Å²) in [6, 6.07) is 14.5. The van der Waals surface area contributed by atoms with Crippen LogP contribution in [0.5, 0.6) is 5.75 Å². The Morgan fingerprint density at radius 1 is 0.913 bits per heavy atom. The van der Waals surface area contributed by atoms with E-state index >= 15 is 0 Å². The van der Waals surface area contributed by atoms with Crippen molar-refractivity contribution < 1.29 is 23.9 Å². The van der Waals surface area contributed by atoms with Crippen LogP contribution in [0.4, 0.5) is 10.5 Å². The molecule has 250 valence electrons. The summed E-state index contributed by atoms with van der Waals surface area (Å²) in [6.45, 7) is 15.1. The summed E-state index contributed by atoms with van der Waals surface area (Å²) in [5, 5.41) is 0. The summed E-state index contributed by atoms with van der Waals surface area (Å²) in [5.41, 5.74) is 1.68. The van der Waals surface area contributed by atoms with E-state index < -0.39 is 11.2 Å². The molecule has 1 atom stereocenters. The molecule has 0 bridgehead atoms. The molecule has 3 amide bonds. The van der Waals surface area contributed by atoms with E-state index in [4.69, 9.17) is 9.47 Å². The Morgan fingerprint density at radius 3 is 2.26 bits per heavy atom. The summed E-state index contributed by atoms with van der Waals surface area (Å²) >= 11 is 3.59. The highest BCUT2D eigenvalue weighted by Crippen LogP contribution is 2.34. The monoisotopic (exact) mass is 696 g/mol. The minimum atomic E-state index is -1.09. The van der Waals surface area contributed by atoms with Crippen LogP contribution in [0.15, 0.2) is 46.9 Å². The Hall–Kier alpha value is -3.27. The zero-order valence-electron chi connectivity index (χ0n) is 28.2. The van der Waals surface area contributed by atoms with Crippen LogP contribution in [-0.4, -0.2) is 89.1 Å². The molecule has 2 heterocycles. The summed E-state index contributed by atoms with van der Waals surface area (Å²) in [5.74, 6) is 0.680. The number of hydrogen-bond donors (Lipinski definition) is 0. The van der Waals surface area contributed by atoms with Gasteiger partial charge >= 0.3 is 6.09 Å². The molecule has 1 saturated carbocycles. The lowest BCUT2D eigenvalue weighted by Crippen LogP contribution is -2.57. The van der Waals surface area contributed by atoms with E-state index in [0.29, 0.717) is 51.1 Å². The van der Waals surface area contributed by atoms with Crippen molar-refractivity contribution in [2.45, 2.75) is 91.0 Å². The molecule has 0 aromatic heterocycles. The number of nitrogens with zero attached hydrogens (tertiary/aromatic N) is 4. The van der Waals surface area contributed by atoms with Crippen LogP contribution < -0.4 is 9.64 Å². The quantitative estimate of drug-likeness (QED) is 0.318. The normalized spacial score (nSPS) is 19.1. The average Bonchev–Trinajstić information content (AvgIpc) is 3.86. The van der Waals surface area contributed by atoms with Gasteiger partial charge in [-0.25, -0.2) is 4.79 Å². The van der Waals surface area contributed by atoms with Crippen LogP contribution in [0.1, 0.15) is 71.4 Å². The Morgan fingerprint density at radius 2 is 1.61 bits per heavy atom. The van der Waals surface area contributed by atoms with Crippen LogP contribution in [0.25, 0.3) is 0 Å². The molecule has 46 heavy (non-hydrogen) atoms. The van der Waals surface area contributed by atoms with Gasteiger partial charge in [0.05, 0.1) is 5.92 Å². The number of rotatable bonds is 8. The highest BCUT2D eigenvalue weighted by molar-refractivity contribution is 9.10. The number of ether oxygens (including phenoxy) is 2. The molecule has 2 aromatic carbocycles. The van der Waals surface area contributed by atoms with Gasteiger partial charge < -0.3 is 29.1 Å². The third kappa shape index (κ3) is 8.55. The molecular formula is C36H49BrN4O5. The molecule has 10 heteroatoms. The van der Waals surface area contributed by atoms with Gasteiger partial charge in [0.1, 0.15) is 11.4 Å². The van der Waals surface area contributed by atoms with Gasteiger partial charge in [-0.3, -0.25) is 9.59 Å². The van der Waals surface area contributed by atoms with Crippen molar-refractivity contribution >= 4 is 39.5 Å². The second-order valence-corrected chi connectivity index (χ2v) is 15.3. The van der Waals surface area contributed by atoms with E-state index in [1.807, 2.05) is 45.0 Å². The van der Waals surface area contributed by atoms with Crippen LogP contribution in [0.3, 0.4) is 0 Å². The summed E-state index contributed by atoms with van der Waals surface area (Å²) in [7, 11) is 0. The van der Waals surface area contributed by atoms with Crippen LogP contribution in [0.2, 0.25) is 0 Å². The SMILES string of the molecule is Cc1cc(CN(C(=O)[C@@H]2CCCN(c3cccc(OC(C)(C)C(=O)N4CCN(C(=O)OC(C)(C)C)CC4)c3)C2)C2CC2)ccc1Br. The van der Waals surface area contributed by atoms with Crippen molar-refractivity contribution in [3.05, 3.63) is 58.1 Å². The molecule has 0 N–H and O–H groups in total. The van der Waals surface area contributed by atoms with Crippen LogP contribution in [-0.2, 0) is 20.9 Å². The van der Waals surface area contributed by atoms with Gasteiger partial charge in [-0.05, 0) is 96.6 Å². The predicted octanol–water partition coefficient (Wildman–Crippen LogP) is 6.40. The molecule has 2 aromatic rings. The molecule has 3 fully saturated rings. The highest BCUT2D eigenvalue weighted by atomic mass is 79.9. The molecule has 9 nitrogen and oxygen atoms in total. The van der Waals surface area contributed by atoms with Gasteiger partial charge in [0.15, 0.2) is 5.60 Å². The topological polar surface area (TPSA) is 82.6 Å². The fourth-order valence-electron chi connectivity index (χ4n) is 6.30. The van der Waals surface area contributed by atoms with Crippen molar-refractivity contribution in [1.82, 2.24) is 14.7 Å². The Bertz CT molecular complexity index is 1430. The fourth-order valence-corrected chi connectivity index (χ4v) is 6.55. The van der Waals surface area contributed by atoms with Crippen molar-refractivity contribution in [3.63, 3.8) is 0 Å². The third-order valence-corrected chi connectivity index (χ3v) is 9.80. The number of carbonyl (C=O) groups excluding carboxylic acids is 3. The lowest BCUT2D eigenvalue weighted by molar-refractivity contribution is -0.147. The van der Waals surface area contributed by atoms with Gasteiger partial charge in [-0.15, -0.1) is 0 Å². The first-order valence-corrected chi connectivity index (χ1v) is 17.4. The number of aryl methyl sites for hydroxylation is 1. The number of carbonyl (C=O) groups is 3. The molecule has 2 saturated heterocycles. The summed E-state index contributed by atoms with van der Waals surface area (Å²) in [6.07, 6.45) is 3.62. The van der Waals surface area contributed by atoms with Crippen molar-refractivity contribution in [1.29, 1.82) is 0 Å². The standard InChI is InChI=1S/C36H49BrN4O5/c1-25-21-26(12-15-31(25)37)23-41(28-13-14-28)32(42)27-9-8-16-40(24-27)29-10-7-11-30(22-29)45-36(5,6)33(43)38-17-19-39(20-18-38)34(44)46-35(2,3)4/h7,10-12,15,21-22,27-28H,8-9,13-14,16-20,23-24H2,1-6H3/t27-/m1/s1. The zero-order chi connectivity index (χ0) is 33.2. The van der Waals surface area contributed by atoms with E-state index in [9.17, 15) is 14.4 Å². The Kier molecular flexibility index (Phi) is 10.3. The molecule has 0 radical (unpaired) electrons. The highest BCUT2D eigenvalue weighted by Gasteiger charge is 2.39. The third-order valence-electron chi connectivity index (χ3n) is 8.91. The molecule has 1 aliphatic carbocycles. The Labute approximate surface area is 282 Å². The number of piperazine rings is 1. The number of anilines is 1. The second kappa shape index (κ2) is 13.8. The maximum Gasteiger partial charge on any atom is 0.410 e. The fraction of sp³-hybridized carbons (Fsp3) is 0.583. The number of hydrogen-bond acceptors (Lipinski definition) is 6. The first-order chi connectivity index (χ1) is 21.7. The smallest absolute Gasteiger partial charge is 0.410 e. The average molecular weight is 698 g/mol. The molecule has 0 spiro atoms. The van der Waals surface area contributed by atoms with Gasteiger partial charge in [0.2, 0.25) is 5.91 Å². The number of benzene rings is 2. The van der Waals surface area contributed by atoms with Crippen molar-refractivity contribution in [2.24, 2.45) is 5.92 Å². The second-order valence-electron chi connectivity index (χ2n) is 14.4. The van der Waals surface area contributed by atoms with Crippen molar-refractivity contribution in [3.8, 4) is 5.75 Å². The van der Waals surface area contributed by atoms with Gasteiger partial charge in [-0.1, -0.05) is 34.1 Å². The van der Waals surface area contributed by atoms with E-state index in [-0.39, 0.29) is 23.8 Å². The minimum Gasteiger partial charge on any atom is -0.478 e. The van der Waals surface area contributed by atoms with E-state index in [1.165, 1.54) is 11.1 Å². The lowest BCUT2D eigenvalue weighted by Gasteiger charge is -2.39.